The van der Waals surface area contributed by atoms with Crippen LogP contribution >= 0.6 is 0 Å². The Labute approximate surface area is 148 Å². The lowest BCUT2D eigenvalue weighted by Crippen LogP contribution is -2.42. The van der Waals surface area contributed by atoms with E-state index in [0.29, 0.717) is 31.1 Å². The Morgan fingerprint density at radius 2 is 1.60 bits per heavy atom. The zero-order valence-corrected chi connectivity index (χ0v) is 14.5. The topological polar surface area (TPSA) is 52.7 Å². The van der Waals surface area contributed by atoms with Crippen LogP contribution in [0, 0.1) is 11.7 Å². The first-order valence-corrected chi connectivity index (χ1v) is 9.21. The molecule has 1 N–H and O–H groups in total. The Morgan fingerprint density at radius 1 is 0.960 bits per heavy atom. The lowest BCUT2D eigenvalue weighted by Gasteiger charge is -2.33. The molecule has 136 valence electrons. The molecular formula is C19H26FN3O2. The molecule has 0 spiro atoms. The number of piperidine rings is 2. The van der Waals surface area contributed by atoms with E-state index in [1.165, 1.54) is 18.6 Å². The SMILES string of the molecule is O=C(CC1CCN(C(=O)Nc2ccc(F)cc2)CC1)N1CCCCC1. The van der Waals surface area contributed by atoms with E-state index >= 15 is 0 Å². The molecule has 0 bridgehead atoms. The number of nitrogens with one attached hydrogen (secondary N) is 1. The average Bonchev–Trinajstić information content (AvgIpc) is 2.65. The minimum absolute atomic E-state index is 0.160. The van der Waals surface area contributed by atoms with Gasteiger partial charge in [0.15, 0.2) is 0 Å². The van der Waals surface area contributed by atoms with E-state index in [4.69, 9.17) is 0 Å². The number of urea groups is 1. The van der Waals surface area contributed by atoms with Crippen LogP contribution in [0.4, 0.5) is 14.9 Å². The zero-order valence-electron chi connectivity index (χ0n) is 14.5. The number of amides is 3. The number of halogens is 1. The highest BCUT2D eigenvalue weighted by Crippen LogP contribution is 2.23. The third-order valence-corrected chi connectivity index (χ3v) is 5.17. The van der Waals surface area contributed by atoms with Crippen LogP contribution in [0.5, 0.6) is 0 Å². The maximum atomic E-state index is 12.9. The molecule has 0 saturated carbocycles. The van der Waals surface area contributed by atoms with Gasteiger partial charge in [-0.2, -0.15) is 0 Å². The molecule has 3 rings (SSSR count). The van der Waals surface area contributed by atoms with Gasteiger partial charge in [0.2, 0.25) is 5.91 Å². The van der Waals surface area contributed by atoms with Crippen LogP contribution in [0.3, 0.4) is 0 Å². The van der Waals surface area contributed by atoms with Crippen LogP contribution in [0.1, 0.15) is 38.5 Å². The molecule has 6 heteroatoms. The van der Waals surface area contributed by atoms with Gasteiger partial charge in [-0.05, 0) is 62.3 Å². The Morgan fingerprint density at radius 3 is 2.24 bits per heavy atom. The van der Waals surface area contributed by atoms with Crippen LogP contribution in [0.25, 0.3) is 0 Å². The number of benzene rings is 1. The molecule has 5 nitrogen and oxygen atoms in total. The molecule has 25 heavy (non-hydrogen) atoms. The molecular weight excluding hydrogens is 321 g/mol. The Balaban J connectivity index is 1.42. The summed E-state index contributed by atoms with van der Waals surface area (Å²) in [6.45, 7) is 3.12. The van der Waals surface area contributed by atoms with E-state index in [0.717, 1.165) is 38.8 Å². The molecule has 2 heterocycles. The molecule has 0 unspecified atom stereocenters. The van der Waals surface area contributed by atoms with Crippen LogP contribution in [0.15, 0.2) is 24.3 Å². The zero-order chi connectivity index (χ0) is 17.6. The van der Waals surface area contributed by atoms with Gasteiger partial charge in [0.25, 0.3) is 0 Å². The van der Waals surface area contributed by atoms with Crippen molar-refractivity contribution in [3.8, 4) is 0 Å². The van der Waals surface area contributed by atoms with Crippen molar-refractivity contribution in [3.05, 3.63) is 30.1 Å². The monoisotopic (exact) mass is 347 g/mol. The first kappa shape index (κ1) is 17.7. The van der Waals surface area contributed by atoms with E-state index in [1.54, 1.807) is 17.0 Å². The van der Waals surface area contributed by atoms with Gasteiger partial charge in [-0.15, -0.1) is 0 Å². The van der Waals surface area contributed by atoms with Crippen molar-refractivity contribution in [3.63, 3.8) is 0 Å². The normalized spacial score (nSPS) is 18.9. The highest BCUT2D eigenvalue weighted by Gasteiger charge is 2.26. The second-order valence-electron chi connectivity index (χ2n) is 7.01. The molecule has 2 fully saturated rings. The summed E-state index contributed by atoms with van der Waals surface area (Å²) in [6.07, 6.45) is 5.78. The third-order valence-electron chi connectivity index (χ3n) is 5.17. The number of anilines is 1. The van der Waals surface area contributed by atoms with Crippen molar-refractivity contribution >= 4 is 17.6 Å². The van der Waals surface area contributed by atoms with Crippen molar-refractivity contribution in [2.24, 2.45) is 5.92 Å². The summed E-state index contributed by atoms with van der Waals surface area (Å²) in [4.78, 5) is 28.4. The van der Waals surface area contributed by atoms with E-state index < -0.39 is 0 Å². The summed E-state index contributed by atoms with van der Waals surface area (Å²) in [5.74, 6) is 0.315. The molecule has 3 amide bonds. The van der Waals surface area contributed by atoms with Crippen molar-refractivity contribution in [1.29, 1.82) is 0 Å². The van der Waals surface area contributed by atoms with Crippen LogP contribution in [-0.4, -0.2) is 47.9 Å². The molecule has 0 radical (unpaired) electrons. The second-order valence-corrected chi connectivity index (χ2v) is 7.01. The second kappa shape index (κ2) is 8.32. The van der Waals surface area contributed by atoms with E-state index in [1.807, 2.05) is 4.90 Å². The quantitative estimate of drug-likeness (QED) is 0.910. The van der Waals surface area contributed by atoms with E-state index in [9.17, 15) is 14.0 Å². The maximum Gasteiger partial charge on any atom is 0.321 e. The highest BCUT2D eigenvalue weighted by atomic mass is 19.1. The molecule has 0 atom stereocenters. The molecule has 0 aromatic heterocycles. The molecule has 1 aromatic carbocycles. The third kappa shape index (κ3) is 4.94. The average molecular weight is 347 g/mol. The summed E-state index contributed by atoms with van der Waals surface area (Å²) in [5, 5.41) is 2.79. The first-order valence-electron chi connectivity index (χ1n) is 9.21. The first-order chi connectivity index (χ1) is 12.1. The van der Waals surface area contributed by atoms with Gasteiger partial charge < -0.3 is 15.1 Å². The van der Waals surface area contributed by atoms with E-state index in [2.05, 4.69) is 5.32 Å². The van der Waals surface area contributed by atoms with Crippen LogP contribution in [0.2, 0.25) is 0 Å². The van der Waals surface area contributed by atoms with Crippen LogP contribution in [-0.2, 0) is 4.79 Å². The summed E-state index contributed by atoms with van der Waals surface area (Å²) in [5.41, 5.74) is 0.591. The van der Waals surface area contributed by atoms with Crippen molar-refractivity contribution < 1.29 is 14.0 Å². The molecule has 2 aliphatic rings. The standard InChI is InChI=1S/C19H26FN3O2/c20-16-4-6-17(7-5-16)21-19(25)23-12-8-15(9-13-23)14-18(24)22-10-2-1-3-11-22/h4-7,15H,1-3,8-14H2,(H,21,25). The van der Waals surface area contributed by atoms with Crippen LogP contribution < -0.4 is 5.32 Å². The predicted octanol–water partition coefficient (Wildman–Crippen LogP) is 3.47. The smallest absolute Gasteiger partial charge is 0.321 e. The van der Waals surface area contributed by atoms with Crippen molar-refractivity contribution in [2.45, 2.75) is 38.5 Å². The predicted molar refractivity (Wildman–Crippen MR) is 94.8 cm³/mol. The van der Waals surface area contributed by atoms with Crippen molar-refractivity contribution in [1.82, 2.24) is 9.80 Å². The summed E-state index contributed by atoms with van der Waals surface area (Å²) < 4.78 is 12.9. The number of rotatable bonds is 3. The van der Waals surface area contributed by atoms with Crippen molar-refractivity contribution in [2.75, 3.05) is 31.5 Å². The summed E-state index contributed by atoms with van der Waals surface area (Å²) in [7, 11) is 0. The fourth-order valence-corrected chi connectivity index (χ4v) is 3.60. The number of likely N-dealkylation sites (tertiary alicyclic amines) is 2. The number of nitrogens with zero attached hydrogens (tertiary/aromatic N) is 2. The highest BCUT2D eigenvalue weighted by molar-refractivity contribution is 5.89. The minimum Gasteiger partial charge on any atom is -0.343 e. The number of hydrogen-bond donors (Lipinski definition) is 1. The summed E-state index contributed by atoms with van der Waals surface area (Å²) >= 11 is 0. The van der Waals surface area contributed by atoms with Gasteiger partial charge in [-0.1, -0.05) is 0 Å². The molecule has 2 saturated heterocycles. The number of carbonyl (C=O) groups is 2. The molecule has 0 aliphatic carbocycles. The molecule has 2 aliphatic heterocycles. The number of hydrogen-bond acceptors (Lipinski definition) is 2. The fourth-order valence-electron chi connectivity index (χ4n) is 3.60. The number of carbonyl (C=O) groups excluding carboxylic acids is 2. The maximum absolute atomic E-state index is 12.9. The van der Waals surface area contributed by atoms with Gasteiger partial charge >= 0.3 is 6.03 Å². The van der Waals surface area contributed by atoms with Gasteiger partial charge in [0.1, 0.15) is 5.82 Å². The minimum atomic E-state index is -0.322. The Kier molecular flexibility index (Phi) is 5.89. The van der Waals surface area contributed by atoms with Gasteiger partial charge in [0, 0.05) is 38.3 Å². The van der Waals surface area contributed by atoms with E-state index in [-0.39, 0.29) is 17.8 Å². The van der Waals surface area contributed by atoms with Gasteiger partial charge in [0.05, 0.1) is 0 Å². The fraction of sp³-hybridized carbons (Fsp3) is 0.579. The molecule has 1 aromatic rings. The Hall–Kier alpha value is -2.11. The van der Waals surface area contributed by atoms with Gasteiger partial charge in [-0.25, -0.2) is 9.18 Å². The summed E-state index contributed by atoms with van der Waals surface area (Å²) in [6, 6.07) is 5.60. The largest absolute Gasteiger partial charge is 0.343 e. The lowest BCUT2D eigenvalue weighted by molar-refractivity contribution is -0.133. The lowest BCUT2D eigenvalue weighted by atomic mass is 9.93. The Bertz CT molecular complexity index is 591. The van der Waals surface area contributed by atoms with Gasteiger partial charge in [-0.3, -0.25) is 4.79 Å².